The predicted octanol–water partition coefficient (Wildman–Crippen LogP) is 0.193. The van der Waals surface area contributed by atoms with E-state index in [2.05, 4.69) is 4.90 Å². The molecule has 1 saturated carbocycles. The van der Waals surface area contributed by atoms with Crippen molar-refractivity contribution in [1.29, 1.82) is 0 Å². The third kappa shape index (κ3) is 3.52. The number of hydrogen-bond acceptors (Lipinski definition) is 3. The molecule has 0 aliphatic heterocycles. The molecule has 3 heteroatoms. The maximum absolute atomic E-state index is 8.76. The average molecular weight is 173 g/mol. The van der Waals surface area contributed by atoms with Gasteiger partial charge in [-0.25, -0.2) is 0 Å². The Morgan fingerprint density at radius 2 is 2.17 bits per heavy atom. The first-order chi connectivity index (χ1) is 5.74. The maximum atomic E-state index is 8.76. The number of ether oxygens (including phenoxy) is 1. The van der Waals surface area contributed by atoms with Gasteiger partial charge in [0.1, 0.15) is 0 Å². The molecule has 0 unspecified atom stereocenters. The summed E-state index contributed by atoms with van der Waals surface area (Å²) in [6.45, 7) is 2.96. The lowest BCUT2D eigenvalue weighted by Crippen LogP contribution is -2.18. The van der Waals surface area contributed by atoms with Crippen LogP contribution in [0.4, 0.5) is 0 Å². The van der Waals surface area contributed by atoms with Gasteiger partial charge >= 0.3 is 0 Å². The average Bonchev–Trinajstić information content (AvgIpc) is 2.76. The van der Waals surface area contributed by atoms with Crippen LogP contribution in [0.1, 0.15) is 6.42 Å². The van der Waals surface area contributed by atoms with Gasteiger partial charge in [-0.15, -0.1) is 0 Å². The van der Waals surface area contributed by atoms with Gasteiger partial charge in [-0.1, -0.05) is 0 Å². The fourth-order valence-corrected chi connectivity index (χ4v) is 1.22. The second-order valence-corrected chi connectivity index (χ2v) is 3.82. The molecular formula is C9H19NO2. The Morgan fingerprint density at radius 3 is 2.67 bits per heavy atom. The van der Waals surface area contributed by atoms with Crippen LogP contribution in [-0.4, -0.2) is 50.5 Å². The number of nitrogens with zero attached hydrogens (tertiary/aromatic N) is 1. The number of likely N-dealkylation sites (N-methyl/N-ethyl adjacent to an activating group) is 1. The zero-order valence-corrected chi connectivity index (χ0v) is 7.99. The van der Waals surface area contributed by atoms with Crippen molar-refractivity contribution in [2.75, 3.05) is 40.5 Å². The Bertz CT molecular complexity index is 128. The molecule has 1 aliphatic rings. The maximum Gasteiger partial charge on any atom is 0.0593 e. The highest BCUT2D eigenvalue weighted by Crippen LogP contribution is 2.37. The van der Waals surface area contributed by atoms with Gasteiger partial charge in [0.15, 0.2) is 0 Å². The molecule has 0 saturated heterocycles. The van der Waals surface area contributed by atoms with Crippen LogP contribution in [0.25, 0.3) is 0 Å². The molecule has 2 atom stereocenters. The number of aliphatic hydroxyl groups is 1. The molecule has 0 aromatic carbocycles. The molecule has 1 aliphatic carbocycles. The van der Waals surface area contributed by atoms with E-state index < -0.39 is 0 Å². The summed E-state index contributed by atoms with van der Waals surface area (Å²) in [5.74, 6) is 1.17. The van der Waals surface area contributed by atoms with Crippen molar-refractivity contribution in [2.45, 2.75) is 6.42 Å². The molecule has 0 spiro atoms. The molecule has 3 nitrogen and oxygen atoms in total. The van der Waals surface area contributed by atoms with Crippen LogP contribution in [0.3, 0.4) is 0 Å². The topological polar surface area (TPSA) is 32.7 Å². The van der Waals surface area contributed by atoms with Crippen molar-refractivity contribution < 1.29 is 9.84 Å². The zero-order valence-electron chi connectivity index (χ0n) is 7.99. The SMILES string of the molecule is CN(C)CCOC[C@H]1C[C@@H]1CO. The predicted molar refractivity (Wildman–Crippen MR) is 48.1 cm³/mol. The van der Waals surface area contributed by atoms with Crippen molar-refractivity contribution in [1.82, 2.24) is 4.90 Å². The summed E-state index contributed by atoms with van der Waals surface area (Å²) in [4.78, 5) is 2.11. The summed E-state index contributed by atoms with van der Waals surface area (Å²) in [5, 5.41) is 8.76. The monoisotopic (exact) mass is 173 g/mol. The minimum absolute atomic E-state index is 0.335. The Kier molecular flexibility index (Phi) is 3.98. The number of rotatable bonds is 6. The van der Waals surface area contributed by atoms with Gasteiger partial charge in [0.25, 0.3) is 0 Å². The first-order valence-electron chi connectivity index (χ1n) is 4.57. The van der Waals surface area contributed by atoms with E-state index in [1.165, 1.54) is 0 Å². The van der Waals surface area contributed by atoms with Crippen LogP contribution >= 0.6 is 0 Å². The standard InChI is InChI=1S/C9H19NO2/c1-10(2)3-4-12-7-9-5-8(9)6-11/h8-9,11H,3-7H2,1-2H3/t8-,9-/m1/s1. The molecule has 1 N–H and O–H groups in total. The summed E-state index contributed by atoms with van der Waals surface area (Å²) in [5.41, 5.74) is 0. The van der Waals surface area contributed by atoms with Gasteiger partial charge < -0.3 is 14.7 Å². The van der Waals surface area contributed by atoms with Crippen molar-refractivity contribution in [2.24, 2.45) is 11.8 Å². The summed E-state index contributed by atoms with van der Waals surface area (Å²) < 4.78 is 5.45. The van der Waals surface area contributed by atoms with Gasteiger partial charge in [-0.05, 0) is 32.4 Å². The van der Waals surface area contributed by atoms with E-state index in [1.807, 2.05) is 14.1 Å². The van der Waals surface area contributed by atoms with Crippen molar-refractivity contribution in [3.63, 3.8) is 0 Å². The fourth-order valence-electron chi connectivity index (χ4n) is 1.22. The molecule has 0 radical (unpaired) electrons. The van der Waals surface area contributed by atoms with E-state index in [0.29, 0.717) is 18.4 Å². The van der Waals surface area contributed by atoms with E-state index >= 15 is 0 Å². The first kappa shape index (κ1) is 9.96. The lowest BCUT2D eigenvalue weighted by atomic mass is 10.3. The highest BCUT2D eigenvalue weighted by Gasteiger charge is 2.36. The van der Waals surface area contributed by atoms with Gasteiger partial charge in [-0.2, -0.15) is 0 Å². The lowest BCUT2D eigenvalue weighted by molar-refractivity contribution is 0.103. The molecule has 0 aromatic heterocycles. The highest BCUT2D eigenvalue weighted by atomic mass is 16.5. The minimum atomic E-state index is 0.335. The smallest absolute Gasteiger partial charge is 0.0593 e. The zero-order chi connectivity index (χ0) is 8.97. The van der Waals surface area contributed by atoms with E-state index in [-0.39, 0.29) is 0 Å². The summed E-state index contributed by atoms with van der Waals surface area (Å²) in [6.07, 6.45) is 1.15. The summed E-state index contributed by atoms with van der Waals surface area (Å²) >= 11 is 0. The molecule has 0 bridgehead atoms. The Balaban J connectivity index is 1.84. The van der Waals surface area contributed by atoms with Crippen molar-refractivity contribution >= 4 is 0 Å². The van der Waals surface area contributed by atoms with Crippen LogP contribution in [0.2, 0.25) is 0 Å². The molecule has 1 fully saturated rings. The van der Waals surface area contributed by atoms with E-state index in [4.69, 9.17) is 9.84 Å². The Morgan fingerprint density at radius 1 is 1.42 bits per heavy atom. The third-order valence-corrected chi connectivity index (χ3v) is 2.32. The van der Waals surface area contributed by atoms with Crippen LogP contribution in [0.15, 0.2) is 0 Å². The molecule has 72 valence electrons. The number of aliphatic hydroxyl groups excluding tert-OH is 1. The Hall–Kier alpha value is -0.120. The quantitative estimate of drug-likeness (QED) is 0.582. The van der Waals surface area contributed by atoms with Crippen molar-refractivity contribution in [3.8, 4) is 0 Å². The third-order valence-electron chi connectivity index (χ3n) is 2.32. The van der Waals surface area contributed by atoms with Gasteiger partial charge in [0.05, 0.1) is 6.61 Å². The van der Waals surface area contributed by atoms with Gasteiger partial charge in [-0.3, -0.25) is 0 Å². The first-order valence-corrected chi connectivity index (χ1v) is 4.57. The summed E-state index contributed by atoms with van der Waals surface area (Å²) in [7, 11) is 4.08. The van der Waals surface area contributed by atoms with E-state index in [1.54, 1.807) is 0 Å². The normalized spacial score (nSPS) is 28.0. The molecule has 0 aromatic rings. The largest absolute Gasteiger partial charge is 0.396 e. The molecule has 12 heavy (non-hydrogen) atoms. The summed E-state index contributed by atoms with van der Waals surface area (Å²) in [6, 6.07) is 0. The Labute approximate surface area is 74.3 Å². The second kappa shape index (κ2) is 4.80. The van der Waals surface area contributed by atoms with Gasteiger partial charge in [0, 0.05) is 19.8 Å². The lowest BCUT2D eigenvalue weighted by Gasteiger charge is -2.09. The number of hydrogen-bond donors (Lipinski definition) is 1. The van der Waals surface area contributed by atoms with Crippen LogP contribution in [0.5, 0.6) is 0 Å². The fraction of sp³-hybridized carbons (Fsp3) is 1.00. The van der Waals surface area contributed by atoms with Crippen LogP contribution in [-0.2, 0) is 4.74 Å². The molecule has 0 amide bonds. The second-order valence-electron chi connectivity index (χ2n) is 3.82. The molecular weight excluding hydrogens is 154 g/mol. The van der Waals surface area contributed by atoms with Crippen molar-refractivity contribution in [3.05, 3.63) is 0 Å². The highest BCUT2D eigenvalue weighted by molar-refractivity contribution is 4.85. The van der Waals surface area contributed by atoms with Crippen LogP contribution < -0.4 is 0 Å². The molecule has 1 rings (SSSR count). The van der Waals surface area contributed by atoms with Crippen LogP contribution in [0, 0.1) is 11.8 Å². The molecule has 0 heterocycles. The van der Waals surface area contributed by atoms with Gasteiger partial charge in [0.2, 0.25) is 0 Å². The van der Waals surface area contributed by atoms with E-state index in [9.17, 15) is 0 Å². The van der Waals surface area contributed by atoms with E-state index in [0.717, 1.165) is 26.2 Å². The minimum Gasteiger partial charge on any atom is -0.396 e.